The number of anilines is 1. The maximum absolute atomic E-state index is 12.2. The molecule has 0 atom stereocenters. The number of nitrogen functional groups attached to an aromatic ring is 1. The van der Waals surface area contributed by atoms with Crippen LogP contribution in [0.5, 0.6) is 0 Å². The Morgan fingerprint density at radius 2 is 2.00 bits per heavy atom. The fourth-order valence-corrected chi connectivity index (χ4v) is 2.94. The molecule has 1 heterocycles. The fraction of sp³-hybridized carbons (Fsp3) is 0.154. The molecule has 100 valence electrons. The molecule has 0 spiro atoms. The van der Waals surface area contributed by atoms with Gasteiger partial charge in [0.15, 0.2) is 0 Å². The minimum Gasteiger partial charge on any atom is -0.398 e. The van der Waals surface area contributed by atoms with E-state index in [1.807, 2.05) is 6.07 Å². The molecule has 0 saturated heterocycles. The average molecular weight is 277 g/mol. The molecule has 1 aromatic carbocycles. The largest absolute Gasteiger partial charge is 0.398 e. The van der Waals surface area contributed by atoms with E-state index in [0.29, 0.717) is 16.9 Å². The van der Waals surface area contributed by atoms with E-state index in [1.54, 1.807) is 37.4 Å². The van der Waals surface area contributed by atoms with E-state index in [2.05, 4.69) is 9.71 Å². The number of benzene rings is 1. The zero-order chi connectivity index (χ0) is 13.9. The number of aromatic nitrogens is 1. The maximum Gasteiger partial charge on any atom is 0.241 e. The highest BCUT2D eigenvalue weighted by molar-refractivity contribution is 7.89. The Balaban J connectivity index is 2.22. The molecule has 3 N–H and O–H groups in total. The Kier molecular flexibility index (Phi) is 3.82. The van der Waals surface area contributed by atoms with Gasteiger partial charge in [-0.15, -0.1) is 0 Å². The molecule has 0 aliphatic rings. The highest BCUT2D eigenvalue weighted by Crippen LogP contribution is 2.20. The molecule has 0 radical (unpaired) electrons. The van der Waals surface area contributed by atoms with Crippen molar-refractivity contribution in [2.75, 3.05) is 5.73 Å². The monoisotopic (exact) mass is 277 g/mol. The Morgan fingerprint density at radius 1 is 1.21 bits per heavy atom. The summed E-state index contributed by atoms with van der Waals surface area (Å²) in [5.74, 6) is 0. The van der Waals surface area contributed by atoms with Gasteiger partial charge >= 0.3 is 0 Å². The first-order chi connectivity index (χ1) is 9.00. The van der Waals surface area contributed by atoms with E-state index in [9.17, 15) is 8.42 Å². The Bertz CT molecular complexity index is 670. The number of nitrogens with one attached hydrogen (secondary N) is 1. The number of nitrogens with zero attached hydrogens (tertiary/aromatic N) is 1. The zero-order valence-corrected chi connectivity index (χ0v) is 11.3. The minimum atomic E-state index is -3.58. The molecule has 0 unspecified atom stereocenters. The molecular formula is C13H15N3O2S. The van der Waals surface area contributed by atoms with E-state index >= 15 is 0 Å². The van der Waals surface area contributed by atoms with Crippen molar-refractivity contribution in [3.63, 3.8) is 0 Å². The van der Waals surface area contributed by atoms with E-state index < -0.39 is 10.0 Å². The van der Waals surface area contributed by atoms with Crippen LogP contribution in [-0.4, -0.2) is 13.4 Å². The number of hydrogen-bond acceptors (Lipinski definition) is 4. The summed E-state index contributed by atoms with van der Waals surface area (Å²) in [6.07, 6.45) is 1.62. The summed E-state index contributed by atoms with van der Waals surface area (Å²) in [4.78, 5) is 4.26. The lowest BCUT2D eigenvalue weighted by Gasteiger charge is -2.10. The average Bonchev–Trinajstić information content (AvgIpc) is 2.41. The van der Waals surface area contributed by atoms with E-state index in [0.717, 1.165) is 0 Å². The van der Waals surface area contributed by atoms with Gasteiger partial charge in [0, 0.05) is 11.9 Å². The first kappa shape index (κ1) is 13.5. The van der Waals surface area contributed by atoms with Gasteiger partial charge in [-0.05, 0) is 36.8 Å². The summed E-state index contributed by atoms with van der Waals surface area (Å²) in [6, 6.07) is 10.2. The topological polar surface area (TPSA) is 85.1 Å². The molecule has 0 saturated carbocycles. The highest BCUT2D eigenvalue weighted by Gasteiger charge is 2.17. The van der Waals surface area contributed by atoms with Gasteiger partial charge in [-0.1, -0.05) is 12.1 Å². The van der Waals surface area contributed by atoms with Crippen molar-refractivity contribution >= 4 is 15.7 Å². The van der Waals surface area contributed by atoms with Gasteiger partial charge in [0.2, 0.25) is 10.0 Å². The summed E-state index contributed by atoms with van der Waals surface area (Å²) >= 11 is 0. The molecule has 19 heavy (non-hydrogen) atoms. The molecule has 6 heteroatoms. The molecule has 0 fully saturated rings. The maximum atomic E-state index is 12.2. The Hall–Kier alpha value is -1.92. The lowest BCUT2D eigenvalue weighted by molar-refractivity contribution is 0.580. The second-order valence-electron chi connectivity index (χ2n) is 4.12. The molecular weight excluding hydrogens is 262 g/mol. The molecule has 0 aliphatic carbocycles. The lowest BCUT2D eigenvalue weighted by atomic mass is 10.2. The second kappa shape index (κ2) is 5.38. The quantitative estimate of drug-likeness (QED) is 0.828. The number of sulfonamides is 1. The van der Waals surface area contributed by atoms with Crippen LogP contribution in [0.15, 0.2) is 47.5 Å². The molecule has 5 nitrogen and oxygen atoms in total. The second-order valence-corrected chi connectivity index (χ2v) is 5.85. The van der Waals surface area contributed by atoms with Crippen LogP contribution in [0.25, 0.3) is 0 Å². The van der Waals surface area contributed by atoms with Crippen LogP contribution in [0.2, 0.25) is 0 Å². The summed E-state index contributed by atoms with van der Waals surface area (Å²) < 4.78 is 26.9. The van der Waals surface area contributed by atoms with Gasteiger partial charge in [-0.2, -0.15) is 0 Å². The van der Waals surface area contributed by atoms with Crippen molar-refractivity contribution in [3.05, 3.63) is 53.9 Å². The lowest BCUT2D eigenvalue weighted by Crippen LogP contribution is -2.24. The smallest absolute Gasteiger partial charge is 0.241 e. The van der Waals surface area contributed by atoms with Crippen molar-refractivity contribution in [3.8, 4) is 0 Å². The van der Waals surface area contributed by atoms with Crippen molar-refractivity contribution in [1.82, 2.24) is 9.71 Å². The fourth-order valence-electron chi connectivity index (χ4n) is 1.67. The third-order valence-electron chi connectivity index (χ3n) is 2.78. The molecule has 0 amide bonds. The number of rotatable bonds is 4. The standard InChI is InChI=1S/C13H15N3O2S/c1-10-12(14)6-4-7-13(10)19(17,18)16-9-11-5-2-3-8-15-11/h2-8,16H,9,14H2,1H3. The van der Waals surface area contributed by atoms with E-state index in [1.165, 1.54) is 6.07 Å². The van der Waals surface area contributed by atoms with Crippen molar-refractivity contribution in [1.29, 1.82) is 0 Å². The van der Waals surface area contributed by atoms with Crippen LogP contribution < -0.4 is 10.5 Å². The van der Waals surface area contributed by atoms with Crippen LogP contribution in [0.3, 0.4) is 0 Å². The minimum absolute atomic E-state index is 0.150. The van der Waals surface area contributed by atoms with Crippen molar-refractivity contribution < 1.29 is 8.42 Å². The summed E-state index contributed by atoms with van der Waals surface area (Å²) in [5, 5.41) is 0. The van der Waals surface area contributed by atoms with Gasteiger partial charge in [-0.25, -0.2) is 13.1 Å². The van der Waals surface area contributed by atoms with Crippen molar-refractivity contribution in [2.45, 2.75) is 18.4 Å². The van der Waals surface area contributed by atoms with Crippen LogP contribution in [-0.2, 0) is 16.6 Å². The van der Waals surface area contributed by atoms with Gasteiger partial charge in [-0.3, -0.25) is 4.98 Å². The van der Waals surface area contributed by atoms with Gasteiger partial charge < -0.3 is 5.73 Å². The Morgan fingerprint density at radius 3 is 2.68 bits per heavy atom. The first-order valence-corrected chi connectivity index (χ1v) is 7.24. The SMILES string of the molecule is Cc1c(N)cccc1S(=O)(=O)NCc1ccccn1. The van der Waals surface area contributed by atoms with Crippen molar-refractivity contribution in [2.24, 2.45) is 0 Å². The summed E-state index contributed by atoms with van der Waals surface area (Å²) in [5.41, 5.74) is 7.39. The zero-order valence-electron chi connectivity index (χ0n) is 10.5. The van der Waals surface area contributed by atoms with Crippen LogP contribution in [0.1, 0.15) is 11.3 Å². The molecule has 1 aromatic heterocycles. The van der Waals surface area contributed by atoms with E-state index in [4.69, 9.17) is 5.73 Å². The van der Waals surface area contributed by atoms with Crippen LogP contribution >= 0.6 is 0 Å². The summed E-state index contributed by atoms with van der Waals surface area (Å²) in [7, 11) is -3.58. The predicted octanol–water partition coefficient (Wildman–Crippen LogP) is 1.45. The van der Waals surface area contributed by atoms with Gasteiger partial charge in [0.25, 0.3) is 0 Å². The highest BCUT2D eigenvalue weighted by atomic mass is 32.2. The first-order valence-electron chi connectivity index (χ1n) is 5.75. The summed E-state index contributed by atoms with van der Waals surface area (Å²) in [6.45, 7) is 1.84. The molecule has 2 aromatic rings. The van der Waals surface area contributed by atoms with Gasteiger partial charge in [0.05, 0.1) is 17.1 Å². The molecule has 2 rings (SSSR count). The number of hydrogen-bond donors (Lipinski definition) is 2. The molecule has 0 aliphatic heterocycles. The Labute approximate surface area is 112 Å². The number of pyridine rings is 1. The van der Waals surface area contributed by atoms with Crippen LogP contribution in [0, 0.1) is 6.92 Å². The third-order valence-corrected chi connectivity index (χ3v) is 4.33. The van der Waals surface area contributed by atoms with Gasteiger partial charge in [0.1, 0.15) is 0 Å². The number of nitrogens with two attached hydrogens (primary N) is 1. The van der Waals surface area contributed by atoms with Crippen LogP contribution in [0.4, 0.5) is 5.69 Å². The predicted molar refractivity (Wildman–Crippen MR) is 73.9 cm³/mol. The third kappa shape index (κ3) is 3.10. The normalized spacial score (nSPS) is 11.4. The molecule has 0 bridgehead atoms. The van der Waals surface area contributed by atoms with E-state index in [-0.39, 0.29) is 11.4 Å².